The summed E-state index contributed by atoms with van der Waals surface area (Å²) < 4.78 is 11.1. The van der Waals surface area contributed by atoms with Crippen LogP contribution in [0.1, 0.15) is 13.3 Å². The average molecular weight is 157 g/mol. The maximum atomic E-state index is 5.59. The maximum Gasteiger partial charge on any atom is 0.0962 e. The Labute approximate surface area is 67.1 Å². The summed E-state index contributed by atoms with van der Waals surface area (Å²) in [4.78, 5) is 0. The number of ether oxygens (including phenoxy) is 2. The number of fused-ring (bicyclic) bond motifs is 1. The lowest BCUT2D eigenvalue weighted by molar-refractivity contribution is -0.152. The zero-order chi connectivity index (χ0) is 7.68. The van der Waals surface area contributed by atoms with E-state index < -0.39 is 0 Å². The smallest absolute Gasteiger partial charge is 0.0962 e. The summed E-state index contributed by atoms with van der Waals surface area (Å²) >= 11 is 0. The van der Waals surface area contributed by atoms with Crippen LogP contribution in [0.4, 0.5) is 0 Å². The Morgan fingerprint density at radius 1 is 1.18 bits per heavy atom. The van der Waals surface area contributed by atoms with E-state index in [9.17, 15) is 0 Å². The molecule has 3 nitrogen and oxygen atoms in total. The minimum Gasteiger partial charge on any atom is -0.373 e. The van der Waals surface area contributed by atoms with Crippen LogP contribution in [0.2, 0.25) is 0 Å². The van der Waals surface area contributed by atoms with Crippen molar-refractivity contribution in [3.63, 3.8) is 0 Å². The van der Waals surface area contributed by atoms with Gasteiger partial charge in [0.25, 0.3) is 0 Å². The van der Waals surface area contributed by atoms with E-state index >= 15 is 0 Å². The van der Waals surface area contributed by atoms with E-state index in [1.54, 1.807) is 0 Å². The second kappa shape index (κ2) is 3.09. The SMILES string of the molecule is CC1CC2OCCOC2CN1. The molecule has 2 rings (SSSR count). The predicted octanol–water partition coefficient (Wildman–Crippen LogP) is 0.152. The molecule has 2 aliphatic heterocycles. The first-order valence-electron chi connectivity index (χ1n) is 4.33. The van der Waals surface area contributed by atoms with Crippen molar-refractivity contribution in [2.24, 2.45) is 0 Å². The third kappa shape index (κ3) is 1.55. The highest BCUT2D eigenvalue weighted by Gasteiger charge is 2.31. The van der Waals surface area contributed by atoms with Crippen LogP contribution in [0.3, 0.4) is 0 Å². The van der Waals surface area contributed by atoms with Crippen LogP contribution in [-0.4, -0.2) is 38.0 Å². The van der Waals surface area contributed by atoms with Crippen LogP contribution in [0, 0.1) is 0 Å². The Morgan fingerprint density at radius 2 is 1.91 bits per heavy atom. The molecule has 0 aliphatic carbocycles. The molecule has 3 unspecified atom stereocenters. The molecule has 11 heavy (non-hydrogen) atoms. The second-order valence-electron chi connectivity index (χ2n) is 3.36. The molecule has 2 saturated heterocycles. The Balaban J connectivity index is 1.93. The van der Waals surface area contributed by atoms with Gasteiger partial charge in [-0.05, 0) is 13.3 Å². The summed E-state index contributed by atoms with van der Waals surface area (Å²) in [5, 5.41) is 3.38. The molecule has 2 fully saturated rings. The molecule has 0 radical (unpaired) electrons. The van der Waals surface area contributed by atoms with Gasteiger partial charge in [0.15, 0.2) is 0 Å². The van der Waals surface area contributed by atoms with Crippen LogP contribution < -0.4 is 5.32 Å². The third-order valence-electron chi connectivity index (χ3n) is 2.42. The minimum atomic E-state index is 0.306. The van der Waals surface area contributed by atoms with E-state index in [0.717, 1.165) is 26.2 Å². The molecular weight excluding hydrogens is 142 g/mol. The highest BCUT2D eigenvalue weighted by Crippen LogP contribution is 2.18. The fourth-order valence-electron chi connectivity index (χ4n) is 1.77. The molecule has 0 amide bonds. The van der Waals surface area contributed by atoms with Crippen molar-refractivity contribution < 1.29 is 9.47 Å². The summed E-state index contributed by atoms with van der Waals surface area (Å²) in [5.41, 5.74) is 0. The zero-order valence-electron chi connectivity index (χ0n) is 6.88. The van der Waals surface area contributed by atoms with Crippen molar-refractivity contribution in [1.29, 1.82) is 0 Å². The summed E-state index contributed by atoms with van der Waals surface area (Å²) in [6, 6.07) is 0.581. The van der Waals surface area contributed by atoms with Gasteiger partial charge in [-0.3, -0.25) is 0 Å². The fraction of sp³-hybridized carbons (Fsp3) is 1.00. The van der Waals surface area contributed by atoms with Gasteiger partial charge in [0.05, 0.1) is 25.4 Å². The monoisotopic (exact) mass is 157 g/mol. The molecule has 3 atom stereocenters. The van der Waals surface area contributed by atoms with E-state index in [-0.39, 0.29) is 0 Å². The normalized spacial score (nSPS) is 45.0. The third-order valence-corrected chi connectivity index (χ3v) is 2.42. The van der Waals surface area contributed by atoms with Gasteiger partial charge < -0.3 is 14.8 Å². The molecule has 3 heteroatoms. The van der Waals surface area contributed by atoms with E-state index in [1.165, 1.54) is 0 Å². The molecule has 0 bridgehead atoms. The van der Waals surface area contributed by atoms with Gasteiger partial charge in [-0.2, -0.15) is 0 Å². The molecule has 1 N–H and O–H groups in total. The van der Waals surface area contributed by atoms with Gasteiger partial charge >= 0.3 is 0 Å². The highest BCUT2D eigenvalue weighted by atomic mass is 16.6. The lowest BCUT2D eigenvalue weighted by atomic mass is 10.00. The van der Waals surface area contributed by atoms with Gasteiger partial charge in [-0.25, -0.2) is 0 Å². The lowest BCUT2D eigenvalue weighted by Crippen LogP contribution is -2.53. The predicted molar refractivity (Wildman–Crippen MR) is 41.6 cm³/mol. The van der Waals surface area contributed by atoms with Crippen LogP contribution in [-0.2, 0) is 9.47 Å². The van der Waals surface area contributed by atoms with Crippen molar-refractivity contribution in [2.75, 3.05) is 19.8 Å². The molecule has 64 valence electrons. The average Bonchev–Trinajstić information content (AvgIpc) is 2.04. The molecule has 0 aromatic rings. The molecule has 0 aromatic carbocycles. The van der Waals surface area contributed by atoms with Crippen LogP contribution in [0.15, 0.2) is 0 Å². The first-order chi connectivity index (χ1) is 5.36. The van der Waals surface area contributed by atoms with E-state index in [2.05, 4.69) is 12.2 Å². The molecule has 2 heterocycles. The topological polar surface area (TPSA) is 30.5 Å². The maximum absolute atomic E-state index is 5.59. The summed E-state index contributed by atoms with van der Waals surface area (Å²) in [5.74, 6) is 0. The lowest BCUT2D eigenvalue weighted by Gasteiger charge is -2.38. The Kier molecular flexibility index (Phi) is 2.11. The fourth-order valence-corrected chi connectivity index (χ4v) is 1.77. The second-order valence-corrected chi connectivity index (χ2v) is 3.36. The Bertz CT molecular complexity index is 140. The standard InChI is InChI=1S/C8H15NO2/c1-6-4-7-8(5-9-6)11-3-2-10-7/h6-9H,2-5H2,1H3. The Morgan fingerprint density at radius 3 is 2.73 bits per heavy atom. The van der Waals surface area contributed by atoms with Gasteiger partial charge in [0.2, 0.25) is 0 Å². The van der Waals surface area contributed by atoms with Crippen LogP contribution in [0.5, 0.6) is 0 Å². The van der Waals surface area contributed by atoms with Crippen molar-refractivity contribution in [3.8, 4) is 0 Å². The largest absolute Gasteiger partial charge is 0.373 e. The first kappa shape index (κ1) is 7.53. The van der Waals surface area contributed by atoms with Crippen molar-refractivity contribution in [1.82, 2.24) is 5.32 Å². The van der Waals surface area contributed by atoms with E-state index in [4.69, 9.17) is 9.47 Å². The number of rotatable bonds is 0. The zero-order valence-corrected chi connectivity index (χ0v) is 6.88. The number of nitrogens with one attached hydrogen (secondary N) is 1. The molecule has 0 spiro atoms. The minimum absolute atomic E-state index is 0.306. The Hall–Kier alpha value is -0.120. The summed E-state index contributed by atoms with van der Waals surface area (Å²) in [7, 11) is 0. The van der Waals surface area contributed by atoms with Crippen LogP contribution in [0.25, 0.3) is 0 Å². The highest BCUT2D eigenvalue weighted by molar-refractivity contribution is 4.85. The molecular formula is C8H15NO2. The summed E-state index contributed by atoms with van der Waals surface area (Å²) in [6.07, 6.45) is 1.74. The van der Waals surface area contributed by atoms with E-state index in [0.29, 0.717) is 18.2 Å². The summed E-state index contributed by atoms with van der Waals surface area (Å²) in [6.45, 7) is 4.67. The van der Waals surface area contributed by atoms with Crippen molar-refractivity contribution >= 4 is 0 Å². The van der Waals surface area contributed by atoms with Crippen LogP contribution >= 0.6 is 0 Å². The number of piperidine rings is 1. The van der Waals surface area contributed by atoms with Gasteiger partial charge in [-0.1, -0.05) is 0 Å². The van der Waals surface area contributed by atoms with Crippen molar-refractivity contribution in [2.45, 2.75) is 31.6 Å². The number of hydrogen-bond donors (Lipinski definition) is 1. The molecule has 2 aliphatic rings. The van der Waals surface area contributed by atoms with Gasteiger partial charge in [0, 0.05) is 12.6 Å². The van der Waals surface area contributed by atoms with Crippen molar-refractivity contribution in [3.05, 3.63) is 0 Å². The van der Waals surface area contributed by atoms with Gasteiger partial charge in [0.1, 0.15) is 0 Å². The molecule has 0 saturated carbocycles. The quantitative estimate of drug-likeness (QED) is 0.543. The number of hydrogen-bond acceptors (Lipinski definition) is 3. The van der Waals surface area contributed by atoms with E-state index in [1.807, 2.05) is 0 Å². The molecule has 0 aromatic heterocycles. The first-order valence-corrected chi connectivity index (χ1v) is 4.33. The van der Waals surface area contributed by atoms with Gasteiger partial charge in [-0.15, -0.1) is 0 Å².